The first-order chi connectivity index (χ1) is 25.3. The lowest BCUT2D eigenvalue weighted by molar-refractivity contribution is -0.0488. The Bertz CT molecular complexity index is 1590. The molecule has 1 nitrogen and oxygen atoms in total. The first kappa shape index (κ1) is 32.6. The molecule has 0 aromatic heterocycles. The van der Waals surface area contributed by atoms with Crippen molar-refractivity contribution >= 4 is 0 Å². The fourth-order valence-electron chi connectivity index (χ4n) is 15.9. The summed E-state index contributed by atoms with van der Waals surface area (Å²) in [6, 6.07) is 0. The van der Waals surface area contributed by atoms with Gasteiger partial charge >= 0.3 is 0 Å². The minimum absolute atomic E-state index is 0.463. The van der Waals surface area contributed by atoms with Crippen LogP contribution in [0.2, 0.25) is 0 Å². The summed E-state index contributed by atoms with van der Waals surface area (Å²) < 4.78 is 7.49. The van der Waals surface area contributed by atoms with Crippen LogP contribution in [0.3, 0.4) is 0 Å². The smallest absolute Gasteiger partial charge is 0.0679 e. The third-order valence-electron chi connectivity index (χ3n) is 17.6. The van der Waals surface area contributed by atoms with Gasteiger partial charge in [-0.2, -0.15) is 0 Å². The molecular formula is C50H66O. The predicted molar refractivity (Wildman–Crippen MR) is 210 cm³/mol. The van der Waals surface area contributed by atoms with Crippen LogP contribution < -0.4 is 0 Å². The number of hydrogen-bond acceptors (Lipinski definition) is 1. The maximum atomic E-state index is 7.49. The first-order valence-electron chi connectivity index (χ1n) is 22.9. The lowest BCUT2D eigenvalue weighted by atomic mass is 9.51. The molecule has 0 amide bonds. The van der Waals surface area contributed by atoms with Crippen molar-refractivity contribution in [1.82, 2.24) is 0 Å². The largest absolute Gasteiger partial charge is 0.374 e. The third kappa shape index (κ3) is 5.29. The van der Waals surface area contributed by atoms with Gasteiger partial charge in [0.05, 0.1) is 12.2 Å². The highest BCUT2D eigenvalue weighted by molar-refractivity contribution is 5.53. The van der Waals surface area contributed by atoms with Crippen molar-refractivity contribution in [2.24, 2.45) is 71.0 Å². The average molecular weight is 683 g/mol. The van der Waals surface area contributed by atoms with E-state index in [0.29, 0.717) is 30.0 Å². The molecular weight excluding hydrogens is 617 g/mol. The van der Waals surface area contributed by atoms with E-state index in [1.165, 1.54) is 141 Å². The summed E-state index contributed by atoms with van der Waals surface area (Å²) >= 11 is 0. The molecule has 14 unspecified atom stereocenters. The second kappa shape index (κ2) is 13.5. The number of rotatable bonds is 3. The lowest BCUT2D eigenvalue weighted by Gasteiger charge is -2.53. The van der Waals surface area contributed by atoms with Crippen molar-refractivity contribution < 1.29 is 4.74 Å². The average Bonchev–Trinajstić information content (AvgIpc) is 3.59. The highest BCUT2D eigenvalue weighted by Crippen LogP contribution is 2.63. The second-order valence-corrected chi connectivity index (χ2v) is 19.7. The van der Waals surface area contributed by atoms with Crippen LogP contribution in [-0.2, 0) is 4.74 Å². The Morgan fingerprint density at radius 1 is 0.588 bits per heavy atom. The van der Waals surface area contributed by atoms with Crippen molar-refractivity contribution in [3.8, 4) is 0 Å². The molecule has 1 heteroatoms. The fourth-order valence-corrected chi connectivity index (χ4v) is 15.9. The normalized spacial score (nSPS) is 47.2. The van der Waals surface area contributed by atoms with E-state index in [4.69, 9.17) is 4.74 Å². The molecule has 1 heterocycles. The quantitative estimate of drug-likeness (QED) is 0.269. The van der Waals surface area contributed by atoms with E-state index in [9.17, 15) is 0 Å². The molecule has 1 saturated heterocycles. The van der Waals surface area contributed by atoms with Gasteiger partial charge in [0.2, 0.25) is 0 Å². The highest BCUT2D eigenvalue weighted by atomic mass is 16.5. The molecule has 0 aromatic carbocycles. The maximum Gasteiger partial charge on any atom is 0.0679 e. The Hall–Kier alpha value is -1.86. The van der Waals surface area contributed by atoms with Crippen LogP contribution in [0.1, 0.15) is 141 Å². The molecule has 11 aliphatic rings. The van der Waals surface area contributed by atoms with E-state index in [-0.39, 0.29) is 0 Å². The minimum atomic E-state index is 0.463. The van der Waals surface area contributed by atoms with E-state index in [2.05, 4.69) is 48.6 Å². The van der Waals surface area contributed by atoms with Crippen molar-refractivity contribution in [3.63, 3.8) is 0 Å². The van der Waals surface area contributed by atoms with Crippen molar-refractivity contribution in [1.29, 1.82) is 0 Å². The van der Waals surface area contributed by atoms with E-state index >= 15 is 0 Å². The molecule has 0 aromatic rings. The van der Waals surface area contributed by atoms with Gasteiger partial charge in [0.15, 0.2) is 0 Å². The summed E-state index contributed by atoms with van der Waals surface area (Å²) in [5.74, 6) is 9.28. The van der Waals surface area contributed by atoms with Crippen LogP contribution in [0.4, 0.5) is 0 Å². The van der Waals surface area contributed by atoms with Crippen LogP contribution in [0, 0.1) is 71.0 Å². The molecule has 11 rings (SSSR count). The Kier molecular flexibility index (Phi) is 8.60. The number of fused-ring (bicyclic) bond motifs is 8. The summed E-state index contributed by atoms with van der Waals surface area (Å²) in [5, 5.41) is 0. The van der Waals surface area contributed by atoms with Crippen LogP contribution >= 0.6 is 0 Å². The molecule has 0 bridgehead atoms. The zero-order chi connectivity index (χ0) is 33.5. The topological polar surface area (TPSA) is 9.23 Å². The fraction of sp³-hybridized carbons (Fsp3) is 0.720. The lowest BCUT2D eigenvalue weighted by Crippen LogP contribution is -2.44. The Morgan fingerprint density at radius 3 is 2.43 bits per heavy atom. The Labute approximate surface area is 310 Å². The van der Waals surface area contributed by atoms with Gasteiger partial charge in [-0.1, -0.05) is 85.4 Å². The summed E-state index contributed by atoms with van der Waals surface area (Å²) in [7, 11) is 0. The van der Waals surface area contributed by atoms with Crippen LogP contribution in [0.5, 0.6) is 0 Å². The molecule has 3 saturated carbocycles. The van der Waals surface area contributed by atoms with Gasteiger partial charge in [0, 0.05) is 11.8 Å². The third-order valence-corrected chi connectivity index (χ3v) is 17.6. The SMILES string of the molecule is C1=CC2=C(C3CCCC4OC5C(C=CCC5C5CCCC6C=CCCC65)C43)C3=CCCCC3C(C3=CC4=C(CCCC4)C4CCCCC34)C2CC1. The van der Waals surface area contributed by atoms with Crippen molar-refractivity contribution in [2.45, 2.75) is 153 Å². The van der Waals surface area contributed by atoms with E-state index in [1.807, 2.05) is 33.4 Å². The van der Waals surface area contributed by atoms with E-state index in [1.54, 1.807) is 0 Å². The van der Waals surface area contributed by atoms with Crippen LogP contribution in [0.25, 0.3) is 0 Å². The molecule has 0 N–H and O–H groups in total. The minimum Gasteiger partial charge on any atom is -0.374 e. The van der Waals surface area contributed by atoms with Crippen LogP contribution in [-0.4, -0.2) is 12.2 Å². The second-order valence-electron chi connectivity index (χ2n) is 19.7. The standard InChI is InChI=1S/C50H66O/c1-3-17-33-31(14-1)16-11-25-36(33)42-26-12-28-44-49-43(27-13-29-46(49)51-50(42)44)47-38-21-7-9-23-40(38)48(41-24-10-8-22-39(41)47)45-30-32-15-2-4-18-34(32)35-19-5-6-20-37(35)45/h1,7,12,14,21-22,28,30-31,33,35-37,40-44,46,48-50H,2-6,8-11,13,15-20,23-27,29H2. The Morgan fingerprint density at radius 2 is 1.45 bits per heavy atom. The van der Waals surface area contributed by atoms with Gasteiger partial charge in [-0.05, 0) is 197 Å². The van der Waals surface area contributed by atoms with Gasteiger partial charge in [0.1, 0.15) is 0 Å². The highest BCUT2D eigenvalue weighted by Gasteiger charge is 2.57. The molecule has 0 spiro atoms. The van der Waals surface area contributed by atoms with Gasteiger partial charge in [-0.3, -0.25) is 0 Å². The van der Waals surface area contributed by atoms with Crippen molar-refractivity contribution in [3.05, 3.63) is 82.0 Å². The summed E-state index contributed by atoms with van der Waals surface area (Å²) in [5.41, 5.74) is 11.3. The Balaban J connectivity index is 0.974. The van der Waals surface area contributed by atoms with Gasteiger partial charge in [-0.15, -0.1) is 0 Å². The maximum absolute atomic E-state index is 7.49. The number of allylic oxidation sites excluding steroid dienone is 13. The summed E-state index contributed by atoms with van der Waals surface area (Å²) in [4.78, 5) is 0. The molecule has 10 aliphatic carbocycles. The first-order valence-corrected chi connectivity index (χ1v) is 22.9. The molecule has 0 radical (unpaired) electrons. The molecule has 51 heavy (non-hydrogen) atoms. The monoisotopic (exact) mass is 683 g/mol. The molecule has 4 fully saturated rings. The predicted octanol–water partition coefficient (Wildman–Crippen LogP) is 13.0. The van der Waals surface area contributed by atoms with Crippen molar-refractivity contribution in [2.75, 3.05) is 0 Å². The van der Waals surface area contributed by atoms with E-state index < -0.39 is 0 Å². The van der Waals surface area contributed by atoms with Crippen LogP contribution in [0.15, 0.2) is 82.0 Å². The summed E-state index contributed by atoms with van der Waals surface area (Å²) in [6.45, 7) is 0. The molecule has 1 aliphatic heterocycles. The number of hydrogen-bond donors (Lipinski definition) is 0. The van der Waals surface area contributed by atoms with Gasteiger partial charge in [-0.25, -0.2) is 0 Å². The van der Waals surface area contributed by atoms with Gasteiger partial charge < -0.3 is 4.74 Å². The molecule has 14 atom stereocenters. The summed E-state index contributed by atoms with van der Waals surface area (Å²) in [6.07, 6.45) is 53.1. The van der Waals surface area contributed by atoms with E-state index in [0.717, 1.165) is 53.3 Å². The zero-order valence-corrected chi connectivity index (χ0v) is 31.7. The zero-order valence-electron chi connectivity index (χ0n) is 31.7. The number of ether oxygens (including phenoxy) is 1. The van der Waals surface area contributed by atoms with Gasteiger partial charge in [0.25, 0.3) is 0 Å². The molecule has 272 valence electrons.